The Morgan fingerprint density at radius 3 is 2.00 bits per heavy atom. The van der Waals surface area contributed by atoms with Gasteiger partial charge in [-0.15, -0.1) is 0 Å². The van der Waals surface area contributed by atoms with Gasteiger partial charge in [0.15, 0.2) is 0 Å². The van der Waals surface area contributed by atoms with E-state index < -0.39 is 10.4 Å². The summed E-state index contributed by atoms with van der Waals surface area (Å²) in [5.41, 5.74) is -0.775. The maximum absolute atomic E-state index is 14.0. The highest BCUT2D eigenvalue weighted by Crippen LogP contribution is 2.28. The number of ether oxygens (including phenoxy) is 1. The Hall–Kier alpha value is -1.79. The summed E-state index contributed by atoms with van der Waals surface area (Å²) in [5.74, 6) is 0.674. The van der Waals surface area contributed by atoms with Gasteiger partial charge < -0.3 is 4.74 Å². The first-order chi connectivity index (χ1) is 15.0. The van der Waals surface area contributed by atoms with Crippen LogP contribution < -0.4 is 4.74 Å². The van der Waals surface area contributed by atoms with E-state index in [2.05, 4.69) is 0 Å². The lowest BCUT2D eigenvalue weighted by Gasteiger charge is -2.08. The van der Waals surface area contributed by atoms with Crippen LogP contribution >= 0.6 is 23.4 Å². The molecule has 0 aromatic heterocycles. The molecule has 2 aromatic carbocycles. The smallest absolute Gasteiger partial charge is 0.269 e. The molecule has 0 heterocycles. The molecular weight excluding hydrogens is 437 g/mol. The zero-order valence-electron chi connectivity index (χ0n) is 17.8. The third-order valence-electron chi connectivity index (χ3n) is 4.97. The first-order valence-electron chi connectivity index (χ1n) is 11.0. The largest absolute Gasteiger partial charge is 0.494 e. The maximum Gasteiger partial charge on any atom is 0.269 e. The number of non-ortho nitro benzene ring substituents is 1. The van der Waals surface area contributed by atoms with Crippen LogP contribution in [-0.2, 0) is 0 Å². The van der Waals surface area contributed by atoms with E-state index in [1.54, 1.807) is 24.3 Å². The van der Waals surface area contributed by atoms with Crippen molar-refractivity contribution in [3.05, 3.63) is 63.7 Å². The summed E-state index contributed by atoms with van der Waals surface area (Å²) in [7, 11) is 0. The van der Waals surface area contributed by atoms with Gasteiger partial charge in [-0.05, 0) is 55.7 Å². The normalized spacial score (nSPS) is 11.9. The average Bonchev–Trinajstić information content (AvgIpc) is 2.76. The first kappa shape index (κ1) is 25.5. The Kier molecular flexibility index (Phi) is 12.4. The van der Waals surface area contributed by atoms with E-state index >= 15 is 0 Å². The molecule has 0 aliphatic heterocycles. The first-order valence-corrected chi connectivity index (χ1v) is 12.2. The second kappa shape index (κ2) is 15.1. The van der Waals surface area contributed by atoms with E-state index in [0.29, 0.717) is 23.8 Å². The van der Waals surface area contributed by atoms with Gasteiger partial charge in [0.1, 0.15) is 11.3 Å². The molecule has 31 heavy (non-hydrogen) atoms. The lowest BCUT2D eigenvalue weighted by molar-refractivity contribution is -0.384. The molecule has 0 aliphatic rings. The van der Waals surface area contributed by atoms with Crippen molar-refractivity contribution in [3.8, 4) is 5.75 Å². The lowest BCUT2D eigenvalue weighted by Crippen LogP contribution is -1.97. The number of unbranched alkanes of at least 4 members (excludes halogenated alkanes) is 8. The maximum atomic E-state index is 14.0. The van der Waals surface area contributed by atoms with Gasteiger partial charge in [0.05, 0.1) is 11.5 Å². The number of rotatable bonds is 16. The third kappa shape index (κ3) is 11.4. The van der Waals surface area contributed by atoms with Gasteiger partial charge in [0.25, 0.3) is 5.69 Å². The van der Waals surface area contributed by atoms with E-state index in [4.69, 9.17) is 16.3 Å². The van der Waals surface area contributed by atoms with Crippen molar-refractivity contribution in [3.63, 3.8) is 0 Å². The number of nitro benzene ring substituents is 1. The van der Waals surface area contributed by atoms with Gasteiger partial charge >= 0.3 is 0 Å². The Morgan fingerprint density at radius 2 is 1.42 bits per heavy atom. The van der Waals surface area contributed by atoms with Gasteiger partial charge in [-0.2, -0.15) is 0 Å². The molecule has 0 saturated heterocycles. The predicted molar refractivity (Wildman–Crippen MR) is 127 cm³/mol. The minimum atomic E-state index is -0.852. The highest BCUT2D eigenvalue weighted by molar-refractivity contribution is 7.99. The van der Waals surface area contributed by atoms with E-state index in [1.165, 1.54) is 56.0 Å². The van der Waals surface area contributed by atoms with Gasteiger partial charge in [0.2, 0.25) is 0 Å². The molecule has 1 unspecified atom stereocenters. The second-order valence-electron chi connectivity index (χ2n) is 7.55. The third-order valence-corrected chi connectivity index (χ3v) is 6.26. The average molecular weight is 468 g/mol. The van der Waals surface area contributed by atoms with E-state index in [9.17, 15) is 14.5 Å². The van der Waals surface area contributed by atoms with Crippen LogP contribution in [0.2, 0.25) is 5.02 Å². The molecule has 0 radical (unpaired) electrons. The molecule has 0 aliphatic carbocycles. The minimum Gasteiger partial charge on any atom is -0.494 e. The second-order valence-corrected chi connectivity index (χ2v) is 9.21. The SMILES string of the molecule is O=[N+]([O-])c1ccc(OCCCCCCCCCCCC(F)Sc2ccc(Cl)cc2)cc1. The van der Waals surface area contributed by atoms with Crippen LogP contribution in [0, 0.1) is 10.1 Å². The van der Waals surface area contributed by atoms with Crippen molar-refractivity contribution in [2.75, 3.05) is 6.61 Å². The molecule has 0 saturated carbocycles. The molecule has 2 aromatic rings. The fourth-order valence-corrected chi connectivity index (χ4v) is 4.22. The quantitative estimate of drug-likeness (QED) is 0.107. The number of thioether (sulfide) groups is 1. The molecule has 0 spiro atoms. The summed E-state index contributed by atoms with van der Waals surface area (Å²) in [4.78, 5) is 11.1. The number of alkyl halides is 1. The number of hydrogen-bond acceptors (Lipinski definition) is 4. The van der Waals surface area contributed by atoms with Crippen LogP contribution in [0.15, 0.2) is 53.4 Å². The number of halogens is 2. The minimum absolute atomic E-state index is 0.0775. The van der Waals surface area contributed by atoms with Crippen molar-refractivity contribution in [2.45, 2.75) is 74.6 Å². The summed E-state index contributed by atoms with van der Waals surface area (Å²) >= 11 is 7.12. The molecule has 4 nitrogen and oxygen atoms in total. The van der Waals surface area contributed by atoms with Crippen molar-refractivity contribution in [1.29, 1.82) is 0 Å². The lowest BCUT2D eigenvalue weighted by atomic mass is 10.1. The number of nitro groups is 1. The van der Waals surface area contributed by atoms with E-state index in [-0.39, 0.29) is 5.69 Å². The zero-order chi connectivity index (χ0) is 22.3. The summed E-state index contributed by atoms with van der Waals surface area (Å²) < 4.78 is 19.6. The van der Waals surface area contributed by atoms with Crippen LogP contribution in [0.5, 0.6) is 5.75 Å². The van der Waals surface area contributed by atoms with Crippen molar-refractivity contribution in [2.24, 2.45) is 0 Å². The molecule has 1 atom stereocenters. The van der Waals surface area contributed by atoms with Crippen LogP contribution in [0.3, 0.4) is 0 Å². The Labute approximate surface area is 193 Å². The monoisotopic (exact) mass is 467 g/mol. The predicted octanol–water partition coefficient (Wildman–Crippen LogP) is 8.62. The van der Waals surface area contributed by atoms with Gasteiger partial charge in [0, 0.05) is 22.1 Å². The fraction of sp³-hybridized carbons (Fsp3) is 0.500. The molecule has 2 rings (SSSR count). The Bertz CT molecular complexity index is 758. The molecular formula is C24H31ClFNO3S. The summed E-state index contributed by atoms with van der Waals surface area (Å²) in [6.07, 6.45) is 10.7. The van der Waals surface area contributed by atoms with Crippen LogP contribution in [-0.4, -0.2) is 17.0 Å². The van der Waals surface area contributed by atoms with Crippen LogP contribution in [0.4, 0.5) is 10.1 Å². The van der Waals surface area contributed by atoms with E-state index in [0.717, 1.165) is 30.6 Å². The fourth-order valence-electron chi connectivity index (χ4n) is 3.22. The molecule has 0 bridgehead atoms. The Morgan fingerprint density at radius 1 is 0.871 bits per heavy atom. The molecule has 170 valence electrons. The summed E-state index contributed by atoms with van der Waals surface area (Å²) in [6.45, 7) is 0.635. The molecule has 0 N–H and O–H groups in total. The summed E-state index contributed by atoms with van der Waals surface area (Å²) in [6, 6.07) is 13.5. The Balaban J connectivity index is 1.37. The van der Waals surface area contributed by atoms with Crippen LogP contribution in [0.25, 0.3) is 0 Å². The van der Waals surface area contributed by atoms with Gasteiger partial charge in [-0.3, -0.25) is 10.1 Å². The van der Waals surface area contributed by atoms with Gasteiger partial charge in [-0.25, -0.2) is 4.39 Å². The molecule has 0 amide bonds. The molecule has 0 fully saturated rings. The number of hydrogen-bond donors (Lipinski definition) is 0. The van der Waals surface area contributed by atoms with Crippen molar-refractivity contribution in [1.82, 2.24) is 0 Å². The standard InChI is InChI=1S/C24H31ClFNO3S/c25-20-11-17-23(18-12-20)31-24(26)10-8-6-4-2-1-3-5-7-9-19-30-22-15-13-21(14-16-22)27(28)29/h11-18,24H,1-10,19H2. The van der Waals surface area contributed by atoms with Gasteiger partial charge in [-0.1, -0.05) is 68.3 Å². The van der Waals surface area contributed by atoms with E-state index in [1.807, 2.05) is 12.1 Å². The number of nitrogens with zero attached hydrogens (tertiary/aromatic N) is 1. The number of benzene rings is 2. The topological polar surface area (TPSA) is 52.4 Å². The zero-order valence-corrected chi connectivity index (χ0v) is 19.4. The van der Waals surface area contributed by atoms with Crippen molar-refractivity contribution < 1.29 is 14.1 Å². The van der Waals surface area contributed by atoms with Crippen molar-refractivity contribution >= 4 is 29.1 Å². The highest BCUT2D eigenvalue weighted by atomic mass is 35.5. The van der Waals surface area contributed by atoms with Crippen LogP contribution in [0.1, 0.15) is 64.2 Å². The highest BCUT2D eigenvalue weighted by Gasteiger charge is 2.08. The summed E-state index contributed by atoms with van der Waals surface area (Å²) in [5, 5.41) is 11.3. The molecule has 7 heteroatoms.